The molecule has 23 heavy (non-hydrogen) atoms. The van der Waals surface area contributed by atoms with Gasteiger partial charge in [-0.05, 0) is 0 Å². The second-order valence-corrected chi connectivity index (χ2v) is 9.87. The Hall–Kier alpha value is -0.550. The SMILES string of the molecule is CN(C)c1cccc2c(S(=O)(=O)N(CCCS)[I-]N)cccc12. The van der Waals surface area contributed by atoms with Crippen molar-refractivity contribution in [2.24, 2.45) is 3.95 Å². The average Bonchev–Trinajstić information content (AvgIpc) is 2.54. The molecule has 0 spiro atoms. The van der Waals surface area contributed by atoms with Crippen molar-refractivity contribution in [2.45, 2.75) is 11.3 Å². The van der Waals surface area contributed by atoms with Gasteiger partial charge in [0.2, 0.25) is 0 Å². The van der Waals surface area contributed by atoms with Gasteiger partial charge in [-0.25, -0.2) is 0 Å². The number of nitrogens with zero attached hydrogens (tertiary/aromatic N) is 2. The van der Waals surface area contributed by atoms with Crippen molar-refractivity contribution in [1.82, 2.24) is 2.52 Å². The molecule has 0 radical (unpaired) electrons. The molecule has 128 valence electrons. The molecule has 0 amide bonds. The Balaban J connectivity index is 2.61. The van der Waals surface area contributed by atoms with Crippen LogP contribution in [0, 0.1) is 0 Å². The quantitative estimate of drug-likeness (QED) is 0.315. The van der Waals surface area contributed by atoms with Gasteiger partial charge in [-0.2, -0.15) is 0 Å². The molecule has 0 aliphatic rings. The number of halogens is 1. The molecule has 0 aliphatic heterocycles. The molecule has 0 aliphatic carbocycles. The summed E-state index contributed by atoms with van der Waals surface area (Å²) in [5.41, 5.74) is 0.990. The maximum absolute atomic E-state index is 13.0. The van der Waals surface area contributed by atoms with E-state index in [2.05, 4.69) is 12.6 Å². The first-order valence-corrected chi connectivity index (χ1v) is 11.4. The van der Waals surface area contributed by atoms with Crippen LogP contribution in [0.15, 0.2) is 41.3 Å². The fourth-order valence-corrected chi connectivity index (χ4v) is 6.09. The molecule has 0 atom stereocenters. The number of nitrogens with two attached hydrogens (primary N) is 1. The van der Waals surface area contributed by atoms with Crippen LogP contribution in [-0.2, 0) is 10.0 Å². The van der Waals surface area contributed by atoms with Gasteiger partial charge in [0.05, 0.1) is 0 Å². The molecule has 0 saturated heterocycles. The summed E-state index contributed by atoms with van der Waals surface area (Å²) in [7, 11) is 0.302. The van der Waals surface area contributed by atoms with Crippen LogP contribution in [0.25, 0.3) is 10.8 Å². The number of benzene rings is 2. The summed E-state index contributed by atoms with van der Waals surface area (Å²) < 4.78 is 33.2. The molecule has 0 bridgehead atoms. The third-order valence-electron chi connectivity index (χ3n) is 3.48. The first-order valence-electron chi connectivity index (χ1n) is 7.10. The molecule has 0 aromatic heterocycles. The van der Waals surface area contributed by atoms with Gasteiger partial charge in [-0.15, -0.1) is 0 Å². The fourth-order valence-electron chi connectivity index (χ4n) is 2.40. The van der Waals surface area contributed by atoms with Crippen molar-refractivity contribution in [3.8, 4) is 0 Å². The fraction of sp³-hybridized carbons (Fsp3) is 0.333. The van der Waals surface area contributed by atoms with Gasteiger partial charge in [0.25, 0.3) is 0 Å². The van der Waals surface area contributed by atoms with E-state index in [9.17, 15) is 8.42 Å². The number of fused-ring (bicyclic) bond motifs is 1. The van der Waals surface area contributed by atoms with Gasteiger partial charge in [0.1, 0.15) is 0 Å². The van der Waals surface area contributed by atoms with Crippen LogP contribution < -0.4 is 30.6 Å². The van der Waals surface area contributed by atoms with Crippen molar-refractivity contribution in [3.63, 3.8) is 0 Å². The predicted octanol–water partition coefficient (Wildman–Crippen LogP) is -0.906. The maximum atomic E-state index is 13.0. The van der Waals surface area contributed by atoms with Crippen LogP contribution in [0.1, 0.15) is 6.42 Å². The number of thiol groups is 1. The second kappa shape index (κ2) is 8.02. The van der Waals surface area contributed by atoms with Crippen molar-refractivity contribution in [3.05, 3.63) is 36.4 Å². The van der Waals surface area contributed by atoms with E-state index in [1.54, 1.807) is 12.1 Å². The minimum atomic E-state index is -3.59. The Morgan fingerprint density at radius 2 is 1.78 bits per heavy atom. The number of hydrogen-bond acceptors (Lipinski definition) is 5. The summed E-state index contributed by atoms with van der Waals surface area (Å²) in [6, 6.07) is 11.1. The van der Waals surface area contributed by atoms with Crippen LogP contribution in [0.4, 0.5) is 5.69 Å². The number of hydrogen-bond donors (Lipinski definition) is 2. The Bertz CT molecular complexity index is 781. The van der Waals surface area contributed by atoms with E-state index < -0.39 is 31.8 Å². The van der Waals surface area contributed by atoms with E-state index in [0.717, 1.165) is 16.5 Å². The topological polar surface area (TPSA) is 66.6 Å². The monoisotopic (exact) mass is 466 g/mol. The Labute approximate surface area is 154 Å². The second-order valence-electron chi connectivity index (χ2n) is 5.21. The van der Waals surface area contributed by atoms with Gasteiger partial charge in [0, 0.05) is 0 Å². The van der Waals surface area contributed by atoms with Gasteiger partial charge in [-0.3, -0.25) is 0 Å². The first-order chi connectivity index (χ1) is 10.9. The van der Waals surface area contributed by atoms with E-state index in [-0.39, 0.29) is 0 Å². The molecule has 2 aromatic carbocycles. The Morgan fingerprint density at radius 3 is 2.39 bits per heavy atom. The molecule has 2 aromatic rings. The Morgan fingerprint density at radius 1 is 1.13 bits per heavy atom. The zero-order valence-electron chi connectivity index (χ0n) is 13.1. The van der Waals surface area contributed by atoms with Crippen molar-refractivity contribution in [2.75, 3.05) is 31.3 Å². The van der Waals surface area contributed by atoms with E-state index in [4.69, 9.17) is 3.95 Å². The summed E-state index contributed by atoms with van der Waals surface area (Å²) in [5.74, 6) is 0.635. The van der Waals surface area contributed by atoms with E-state index in [1.165, 1.54) is 2.52 Å². The molecule has 0 saturated carbocycles. The van der Waals surface area contributed by atoms with Crippen LogP contribution in [-0.4, -0.2) is 37.3 Å². The molecular formula is C15H21IN3O2S2-. The molecular weight excluding hydrogens is 445 g/mol. The third kappa shape index (κ3) is 3.93. The molecule has 5 nitrogen and oxygen atoms in total. The first kappa shape index (κ1) is 18.8. The van der Waals surface area contributed by atoms with Crippen LogP contribution in [0.5, 0.6) is 0 Å². The summed E-state index contributed by atoms with van der Waals surface area (Å²) in [5, 5.41) is 1.65. The van der Waals surface area contributed by atoms with Crippen LogP contribution in [0.3, 0.4) is 0 Å². The molecule has 8 heteroatoms. The zero-order valence-corrected chi connectivity index (χ0v) is 17.0. The predicted molar refractivity (Wildman–Crippen MR) is 94.8 cm³/mol. The molecule has 0 unspecified atom stereocenters. The van der Waals surface area contributed by atoms with Gasteiger partial charge >= 0.3 is 155 Å². The standard InChI is InChI=1S/C15H21IN3O2S2/c1-18(2)14-8-3-7-13-12(14)6-4-9-15(13)23(20,21)19(16-17)10-5-11-22/h3-4,6-9,22H,5,10-11,17H2,1-2H3/q-1. The van der Waals surface area contributed by atoms with E-state index in [0.29, 0.717) is 23.6 Å². The summed E-state index contributed by atoms with van der Waals surface area (Å²) >= 11 is 3.09. The number of rotatable bonds is 7. The minimum absolute atomic E-state index is 0.322. The van der Waals surface area contributed by atoms with Crippen LogP contribution >= 0.6 is 12.6 Å². The van der Waals surface area contributed by atoms with Crippen molar-refractivity contribution < 1.29 is 30.2 Å². The normalized spacial score (nSPS) is 12.2. The third-order valence-corrected chi connectivity index (χ3v) is 8.61. The summed E-state index contributed by atoms with van der Waals surface area (Å²) in [6.07, 6.45) is 0.687. The van der Waals surface area contributed by atoms with Gasteiger partial charge in [0.15, 0.2) is 0 Å². The van der Waals surface area contributed by atoms with Crippen molar-refractivity contribution in [1.29, 1.82) is 0 Å². The van der Waals surface area contributed by atoms with E-state index >= 15 is 0 Å². The number of sulfonamides is 1. The van der Waals surface area contributed by atoms with Crippen molar-refractivity contribution >= 4 is 39.1 Å². The molecule has 2 N–H and O–H groups in total. The van der Waals surface area contributed by atoms with E-state index in [1.807, 2.05) is 43.3 Å². The summed E-state index contributed by atoms with van der Waals surface area (Å²) in [6.45, 7) is 0.416. The van der Waals surface area contributed by atoms with Crippen LogP contribution in [0.2, 0.25) is 0 Å². The number of anilines is 1. The molecule has 2 rings (SSSR count). The zero-order chi connectivity index (χ0) is 17.0. The van der Waals surface area contributed by atoms with Gasteiger partial charge in [-0.1, -0.05) is 0 Å². The molecule has 0 heterocycles. The summed E-state index contributed by atoms with van der Waals surface area (Å²) in [4.78, 5) is 2.30. The average molecular weight is 466 g/mol. The van der Waals surface area contributed by atoms with Gasteiger partial charge < -0.3 is 0 Å². The molecule has 0 fully saturated rings. The Kier molecular flexibility index (Phi) is 6.55.